The molecule has 2 bridgehead atoms. The second kappa shape index (κ2) is 7.23. The van der Waals surface area contributed by atoms with Gasteiger partial charge in [0.25, 0.3) is 0 Å². The molecule has 1 aromatic carbocycles. The summed E-state index contributed by atoms with van der Waals surface area (Å²) >= 11 is 0. The van der Waals surface area contributed by atoms with Gasteiger partial charge < -0.3 is 24.3 Å². The van der Waals surface area contributed by atoms with Gasteiger partial charge >= 0.3 is 0 Å². The van der Waals surface area contributed by atoms with E-state index in [1.54, 1.807) is 30.2 Å². The maximum atomic E-state index is 13.4. The molecule has 1 N–H and O–H groups in total. The first-order chi connectivity index (χ1) is 14.9. The lowest BCUT2D eigenvalue weighted by molar-refractivity contribution is -0.143. The molecule has 3 aliphatic rings. The van der Waals surface area contributed by atoms with Gasteiger partial charge in [-0.3, -0.25) is 9.59 Å². The zero-order valence-corrected chi connectivity index (χ0v) is 17.9. The number of aromatic nitrogens is 2. The monoisotopic (exact) mass is 422 g/mol. The molecule has 31 heavy (non-hydrogen) atoms. The van der Waals surface area contributed by atoms with Crippen molar-refractivity contribution in [3.05, 3.63) is 59.7 Å². The van der Waals surface area contributed by atoms with E-state index < -0.39 is 17.4 Å². The summed E-state index contributed by atoms with van der Waals surface area (Å²) < 4.78 is 11.5. The number of carbonyl (C=O) groups excluding carboxylic acids is 2. The van der Waals surface area contributed by atoms with Crippen molar-refractivity contribution in [2.45, 2.75) is 31.7 Å². The fourth-order valence-electron chi connectivity index (χ4n) is 5.09. The van der Waals surface area contributed by atoms with Gasteiger partial charge in [0, 0.05) is 25.5 Å². The Bertz CT molecular complexity index is 1060. The smallest absolute Gasteiger partial charge is 0.230 e. The van der Waals surface area contributed by atoms with Crippen LogP contribution in [-0.2, 0) is 27.4 Å². The van der Waals surface area contributed by atoms with Crippen LogP contribution in [0.25, 0.3) is 0 Å². The van der Waals surface area contributed by atoms with Crippen LogP contribution in [0.1, 0.15) is 17.1 Å². The van der Waals surface area contributed by atoms with Crippen molar-refractivity contribution in [3.63, 3.8) is 0 Å². The van der Waals surface area contributed by atoms with E-state index in [9.17, 15) is 9.59 Å². The minimum absolute atomic E-state index is 0.0322. The molecule has 2 amide bonds. The lowest BCUT2D eigenvalue weighted by atomic mass is 9.76. The molecule has 8 nitrogen and oxygen atoms in total. The van der Waals surface area contributed by atoms with Crippen molar-refractivity contribution < 1.29 is 19.1 Å². The third kappa shape index (κ3) is 3.22. The zero-order chi connectivity index (χ0) is 21.8. The van der Waals surface area contributed by atoms with Crippen LogP contribution < -0.4 is 4.74 Å². The number of rotatable bonds is 6. The van der Waals surface area contributed by atoms with Gasteiger partial charge in [-0.25, -0.2) is 4.98 Å². The third-order valence-corrected chi connectivity index (χ3v) is 6.49. The number of carbonyl (C=O) groups is 2. The number of aryl methyl sites for hydroxylation is 1. The highest BCUT2D eigenvalue weighted by atomic mass is 16.5. The Morgan fingerprint density at radius 2 is 2.29 bits per heavy atom. The van der Waals surface area contributed by atoms with E-state index in [-0.39, 0.29) is 17.9 Å². The second-order valence-electron chi connectivity index (χ2n) is 8.65. The second-order valence-corrected chi connectivity index (χ2v) is 8.65. The Labute approximate surface area is 180 Å². The van der Waals surface area contributed by atoms with Gasteiger partial charge in [0.15, 0.2) is 0 Å². The number of fused-ring (bicyclic) bond motifs is 1. The van der Waals surface area contributed by atoms with Crippen molar-refractivity contribution in [3.8, 4) is 5.75 Å². The normalized spacial score (nSPS) is 28.3. The van der Waals surface area contributed by atoms with Crippen LogP contribution in [0, 0.1) is 18.8 Å². The van der Waals surface area contributed by atoms with Gasteiger partial charge in [-0.15, -0.1) is 0 Å². The molecule has 2 saturated heterocycles. The maximum absolute atomic E-state index is 13.4. The van der Waals surface area contributed by atoms with Crippen LogP contribution in [-0.4, -0.2) is 64.0 Å². The highest BCUT2D eigenvalue weighted by Crippen LogP contribution is 2.52. The van der Waals surface area contributed by atoms with Crippen LogP contribution >= 0.6 is 0 Å². The molecule has 0 saturated carbocycles. The van der Waals surface area contributed by atoms with Crippen LogP contribution in [0.5, 0.6) is 5.75 Å². The summed E-state index contributed by atoms with van der Waals surface area (Å²) in [7, 11) is 3.37. The quantitative estimate of drug-likeness (QED) is 0.716. The molecule has 3 aliphatic heterocycles. The van der Waals surface area contributed by atoms with E-state index in [0.29, 0.717) is 19.6 Å². The Morgan fingerprint density at radius 1 is 1.45 bits per heavy atom. The first kappa shape index (κ1) is 19.8. The van der Waals surface area contributed by atoms with E-state index >= 15 is 0 Å². The summed E-state index contributed by atoms with van der Waals surface area (Å²) in [5.74, 6) is 0.333. The first-order valence-electron chi connectivity index (χ1n) is 10.4. The van der Waals surface area contributed by atoms with Gasteiger partial charge in [-0.2, -0.15) is 0 Å². The topological polar surface area (TPSA) is 87.8 Å². The van der Waals surface area contributed by atoms with E-state index in [0.717, 1.165) is 22.8 Å². The number of likely N-dealkylation sites (tertiary alicyclic amines) is 1. The number of nitrogens with zero attached hydrogens (tertiary/aromatic N) is 3. The SMILES string of the molecule is COc1cccc(CN2C[C@]34C=C[C@H](O3)[C@@H](C(=O)N(C)Cc3ncc(C)[nH]3)[C@@H]4C2=O)c1. The summed E-state index contributed by atoms with van der Waals surface area (Å²) in [6.07, 6.45) is 5.29. The highest BCUT2D eigenvalue weighted by Gasteiger charge is 2.67. The van der Waals surface area contributed by atoms with Gasteiger partial charge in [-0.05, 0) is 24.6 Å². The number of imidazole rings is 1. The Kier molecular flexibility index (Phi) is 4.62. The van der Waals surface area contributed by atoms with Crippen molar-refractivity contribution in [1.29, 1.82) is 0 Å². The molecule has 1 aromatic heterocycles. The standard InChI is InChI=1S/C23H26N4O4/c1-14-10-24-18(25-14)12-26(2)21(28)19-17-7-8-23(31-17)13-27(22(29)20(19)23)11-15-5-4-6-16(9-15)30-3/h4-10,17,19-20H,11-13H2,1-3H3,(H,24,25)/t17-,19+,20+,23-/m0/s1. The fourth-order valence-corrected chi connectivity index (χ4v) is 5.09. The average molecular weight is 422 g/mol. The van der Waals surface area contributed by atoms with Gasteiger partial charge in [0.1, 0.15) is 17.2 Å². The summed E-state index contributed by atoms with van der Waals surface area (Å²) in [4.78, 5) is 37.6. The van der Waals surface area contributed by atoms with E-state index in [2.05, 4.69) is 9.97 Å². The maximum Gasteiger partial charge on any atom is 0.230 e. The summed E-state index contributed by atoms with van der Waals surface area (Å²) in [6.45, 7) is 3.19. The van der Waals surface area contributed by atoms with E-state index in [4.69, 9.17) is 9.47 Å². The number of ether oxygens (including phenoxy) is 2. The number of aromatic amines is 1. The van der Waals surface area contributed by atoms with Crippen LogP contribution in [0.4, 0.5) is 0 Å². The third-order valence-electron chi connectivity index (χ3n) is 6.49. The van der Waals surface area contributed by atoms with Crippen molar-refractivity contribution in [2.75, 3.05) is 20.7 Å². The molecule has 0 radical (unpaired) electrons. The predicted molar refractivity (Wildman–Crippen MR) is 112 cm³/mol. The lowest BCUT2D eigenvalue weighted by Crippen LogP contribution is -2.44. The fraction of sp³-hybridized carbons (Fsp3) is 0.435. The molecule has 5 rings (SSSR count). The number of benzene rings is 1. The number of hydrogen-bond donors (Lipinski definition) is 1. The minimum atomic E-state index is -0.719. The molecule has 1 spiro atoms. The van der Waals surface area contributed by atoms with Gasteiger partial charge in [-0.1, -0.05) is 24.3 Å². The van der Waals surface area contributed by atoms with Crippen molar-refractivity contribution >= 4 is 11.8 Å². The molecule has 2 fully saturated rings. The molecule has 162 valence electrons. The molecule has 0 aliphatic carbocycles. The first-order valence-corrected chi connectivity index (χ1v) is 10.4. The summed E-state index contributed by atoms with van der Waals surface area (Å²) in [5, 5.41) is 0. The number of amides is 2. The molecular weight excluding hydrogens is 396 g/mol. The summed E-state index contributed by atoms with van der Waals surface area (Å²) in [5.41, 5.74) is 1.21. The van der Waals surface area contributed by atoms with E-state index in [1.807, 2.05) is 43.3 Å². The molecule has 4 heterocycles. The van der Waals surface area contributed by atoms with Gasteiger partial charge in [0.2, 0.25) is 11.8 Å². The number of methoxy groups -OCH3 is 1. The lowest BCUT2D eigenvalue weighted by Gasteiger charge is -2.27. The molecular formula is C23H26N4O4. The van der Waals surface area contributed by atoms with Gasteiger partial charge in [0.05, 0.1) is 38.1 Å². The van der Waals surface area contributed by atoms with Crippen LogP contribution in [0.3, 0.4) is 0 Å². The minimum Gasteiger partial charge on any atom is -0.497 e. The van der Waals surface area contributed by atoms with E-state index in [1.165, 1.54) is 0 Å². The average Bonchev–Trinajstić information content (AvgIpc) is 3.50. The molecule has 2 aromatic rings. The Balaban J connectivity index is 1.35. The molecule has 0 unspecified atom stereocenters. The largest absolute Gasteiger partial charge is 0.497 e. The number of nitrogens with one attached hydrogen (secondary N) is 1. The summed E-state index contributed by atoms with van der Waals surface area (Å²) in [6, 6.07) is 7.68. The predicted octanol–water partition coefficient (Wildman–Crippen LogP) is 1.67. The van der Waals surface area contributed by atoms with Crippen molar-refractivity contribution in [2.24, 2.45) is 11.8 Å². The number of H-pyrrole nitrogens is 1. The molecule has 4 atom stereocenters. The zero-order valence-electron chi connectivity index (χ0n) is 17.9. The van der Waals surface area contributed by atoms with Crippen molar-refractivity contribution in [1.82, 2.24) is 19.8 Å². The molecule has 8 heteroatoms. The highest BCUT2D eigenvalue weighted by molar-refractivity contribution is 5.93. The van der Waals surface area contributed by atoms with Crippen LogP contribution in [0.2, 0.25) is 0 Å². The number of hydrogen-bond acceptors (Lipinski definition) is 5. The Hall–Kier alpha value is -3.13. The van der Waals surface area contributed by atoms with Crippen LogP contribution in [0.15, 0.2) is 42.6 Å². The Morgan fingerprint density at radius 3 is 3.03 bits per heavy atom.